The number of nitrogens with zero attached hydrogens (tertiary/aromatic N) is 4. The van der Waals surface area contributed by atoms with Crippen molar-refractivity contribution in [2.75, 3.05) is 5.32 Å². The van der Waals surface area contributed by atoms with E-state index in [1.165, 1.54) is 6.20 Å². The Labute approximate surface area is 136 Å². The molecule has 0 bridgehead atoms. The number of nitrogens with one attached hydrogen (secondary N) is 1. The SMILES string of the molecule is CCC(C)c1c(Cl)nc2c(C#N)cnn2c1N[C@@H](C)C(C)C. The Morgan fingerprint density at radius 2 is 2.05 bits per heavy atom. The molecule has 22 heavy (non-hydrogen) atoms. The highest BCUT2D eigenvalue weighted by atomic mass is 35.5. The number of hydrogen-bond acceptors (Lipinski definition) is 4. The van der Waals surface area contributed by atoms with E-state index < -0.39 is 0 Å². The summed E-state index contributed by atoms with van der Waals surface area (Å²) in [7, 11) is 0. The van der Waals surface area contributed by atoms with Crippen molar-refractivity contribution in [1.29, 1.82) is 5.26 Å². The largest absolute Gasteiger partial charge is 0.367 e. The van der Waals surface area contributed by atoms with E-state index in [4.69, 9.17) is 11.6 Å². The number of fused-ring (bicyclic) bond motifs is 1. The maximum atomic E-state index is 9.19. The molecule has 0 aliphatic carbocycles. The summed E-state index contributed by atoms with van der Waals surface area (Å²) in [5, 5.41) is 17.5. The van der Waals surface area contributed by atoms with Crippen LogP contribution in [0.25, 0.3) is 5.65 Å². The fourth-order valence-corrected chi connectivity index (χ4v) is 2.57. The van der Waals surface area contributed by atoms with E-state index in [-0.39, 0.29) is 12.0 Å². The second kappa shape index (κ2) is 6.53. The van der Waals surface area contributed by atoms with Gasteiger partial charge in [0.15, 0.2) is 5.65 Å². The number of aromatic nitrogens is 3. The Balaban J connectivity index is 2.71. The van der Waals surface area contributed by atoms with E-state index >= 15 is 0 Å². The Kier molecular flexibility index (Phi) is 4.92. The van der Waals surface area contributed by atoms with Gasteiger partial charge in [-0.05, 0) is 25.2 Å². The van der Waals surface area contributed by atoms with Crippen molar-refractivity contribution in [2.45, 2.75) is 53.0 Å². The lowest BCUT2D eigenvalue weighted by Gasteiger charge is -2.24. The summed E-state index contributed by atoms with van der Waals surface area (Å²) < 4.78 is 1.70. The molecule has 2 heterocycles. The molecule has 0 radical (unpaired) electrons. The van der Waals surface area contributed by atoms with Gasteiger partial charge in [0.2, 0.25) is 0 Å². The molecule has 5 nitrogen and oxygen atoms in total. The van der Waals surface area contributed by atoms with Gasteiger partial charge in [-0.1, -0.05) is 39.3 Å². The van der Waals surface area contributed by atoms with Gasteiger partial charge in [0.25, 0.3) is 0 Å². The van der Waals surface area contributed by atoms with Crippen LogP contribution < -0.4 is 5.32 Å². The molecule has 0 spiro atoms. The summed E-state index contributed by atoms with van der Waals surface area (Å²) in [6, 6.07) is 2.36. The molecule has 0 amide bonds. The highest BCUT2D eigenvalue weighted by Gasteiger charge is 2.22. The summed E-state index contributed by atoms with van der Waals surface area (Å²) >= 11 is 6.43. The van der Waals surface area contributed by atoms with Crippen LogP contribution >= 0.6 is 11.6 Å². The molecule has 0 aliphatic rings. The van der Waals surface area contributed by atoms with Gasteiger partial charge < -0.3 is 5.32 Å². The van der Waals surface area contributed by atoms with Crippen LogP contribution in [0.1, 0.15) is 58.1 Å². The summed E-state index contributed by atoms with van der Waals surface area (Å²) in [5.41, 5.74) is 1.88. The third kappa shape index (κ3) is 2.89. The molecule has 2 rings (SSSR count). The zero-order valence-electron chi connectivity index (χ0n) is 13.7. The van der Waals surface area contributed by atoms with Gasteiger partial charge in [-0.2, -0.15) is 14.9 Å². The molecule has 1 N–H and O–H groups in total. The fourth-order valence-electron chi connectivity index (χ4n) is 2.22. The second-order valence-electron chi connectivity index (χ2n) is 6.06. The van der Waals surface area contributed by atoms with Crippen molar-refractivity contribution >= 4 is 23.1 Å². The molecule has 2 aromatic rings. The molecule has 0 aliphatic heterocycles. The van der Waals surface area contributed by atoms with Crippen molar-refractivity contribution in [3.63, 3.8) is 0 Å². The monoisotopic (exact) mass is 319 g/mol. The predicted molar refractivity (Wildman–Crippen MR) is 89.3 cm³/mol. The standard InChI is InChI=1S/C16H22ClN5/c1-6-10(4)13-14(17)21-15-12(7-18)8-19-22(15)16(13)20-11(5)9(2)3/h8-11,20H,6H2,1-5H3/t10?,11-/m0/s1. The molecule has 2 aromatic heterocycles. The quantitative estimate of drug-likeness (QED) is 0.838. The average molecular weight is 320 g/mol. The van der Waals surface area contributed by atoms with Crippen molar-refractivity contribution in [3.05, 3.63) is 22.5 Å². The van der Waals surface area contributed by atoms with E-state index in [1.54, 1.807) is 4.52 Å². The lowest BCUT2D eigenvalue weighted by atomic mass is 9.99. The van der Waals surface area contributed by atoms with Crippen molar-refractivity contribution in [2.24, 2.45) is 5.92 Å². The number of hydrogen-bond donors (Lipinski definition) is 1. The fraction of sp³-hybridized carbons (Fsp3) is 0.562. The number of anilines is 1. The summed E-state index contributed by atoms with van der Waals surface area (Å²) in [6.07, 6.45) is 2.48. The number of halogens is 1. The molecule has 6 heteroatoms. The third-order valence-corrected chi connectivity index (χ3v) is 4.52. The van der Waals surface area contributed by atoms with E-state index in [9.17, 15) is 5.26 Å². The molecule has 0 fully saturated rings. The van der Waals surface area contributed by atoms with Crippen LogP contribution in [-0.2, 0) is 0 Å². The maximum absolute atomic E-state index is 9.19. The topological polar surface area (TPSA) is 66.0 Å². The van der Waals surface area contributed by atoms with Crippen LogP contribution in [0.4, 0.5) is 5.82 Å². The van der Waals surface area contributed by atoms with Crippen LogP contribution in [0.15, 0.2) is 6.20 Å². The zero-order valence-corrected chi connectivity index (χ0v) is 14.4. The molecular formula is C16H22ClN5. The van der Waals surface area contributed by atoms with Gasteiger partial charge in [0.05, 0.1) is 6.20 Å². The van der Waals surface area contributed by atoms with Crippen molar-refractivity contribution in [1.82, 2.24) is 14.6 Å². The molecular weight excluding hydrogens is 298 g/mol. The maximum Gasteiger partial charge on any atom is 0.176 e. The van der Waals surface area contributed by atoms with Gasteiger partial charge >= 0.3 is 0 Å². The van der Waals surface area contributed by atoms with E-state index in [0.29, 0.717) is 22.3 Å². The minimum atomic E-state index is 0.249. The van der Waals surface area contributed by atoms with Gasteiger partial charge in [-0.3, -0.25) is 0 Å². The first-order valence-corrected chi connectivity index (χ1v) is 8.02. The van der Waals surface area contributed by atoms with Gasteiger partial charge in [0, 0.05) is 11.6 Å². The van der Waals surface area contributed by atoms with Gasteiger partial charge in [-0.25, -0.2) is 4.98 Å². The lowest BCUT2D eigenvalue weighted by molar-refractivity contribution is 0.554. The second-order valence-corrected chi connectivity index (χ2v) is 6.41. The summed E-state index contributed by atoms with van der Waals surface area (Å²) in [5.74, 6) is 1.55. The highest BCUT2D eigenvalue weighted by Crippen LogP contribution is 2.34. The molecule has 0 aromatic carbocycles. The zero-order chi connectivity index (χ0) is 16.4. The normalized spacial score (nSPS) is 14.1. The van der Waals surface area contributed by atoms with Gasteiger partial charge in [0.1, 0.15) is 22.6 Å². The minimum absolute atomic E-state index is 0.249. The number of rotatable bonds is 5. The van der Waals surface area contributed by atoms with E-state index in [1.807, 2.05) is 0 Å². The van der Waals surface area contributed by atoms with Crippen LogP contribution in [0, 0.1) is 17.2 Å². The third-order valence-electron chi connectivity index (χ3n) is 4.23. The van der Waals surface area contributed by atoms with E-state index in [2.05, 4.69) is 56.1 Å². The Hall–Kier alpha value is -1.80. The molecule has 0 saturated heterocycles. The Bertz CT molecular complexity index is 713. The van der Waals surface area contributed by atoms with Crippen LogP contribution in [0.5, 0.6) is 0 Å². The van der Waals surface area contributed by atoms with Crippen molar-refractivity contribution < 1.29 is 0 Å². The molecule has 118 valence electrons. The van der Waals surface area contributed by atoms with Gasteiger partial charge in [-0.15, -0.1) is 0 Å². The highest BCUT2D eigenvalue weighted by molar-refractivity contribution is 6.30. The Morgan fingerprint density at radius 3 is 2.59 bits per heavy atom. The van der Waals surface area contributed by atoms with Crippen molar-refractivity contribution in [3.8, 4) is 6.07 Å². The lowest BCUT2D eigenvalue weighted by Crippen LogP contribution is -2.25. The molecule has 1 unspecified atom stereocenters. The first kappa shape index (κ1) is 16.6. The average Bonchev–Trinajstić information content (AvgIpc) is 2.89. The number of nitriles is 1. The summed E-state index contributed by atoms with van der Waals surface area (Å²) in [6.45, 7) is 10.7. The first-order chi connectivity index (χ1) is 10.4. The predicted octanol–water partition coefficient (Wildman–Crippen LogP) is 4.22. The summed E-state index contributed by atoms with van der Waals surface area (Å²) in [4.78, 5) is 4.39. The van der Waals surface area contributed by atoms with E-state index in [0.717, 1.165) is 17.8 Å². The molecule has 2 atom stereocenters. The molecule has 0 saturated carbocycles. The van der Waals surface area contributed by atoms with Crippen LogP contribution in [0.3, 0.4) is 0 Å². The van der Waals surface area contributed by atoms with Crippen LogP contribution in [0.2, 0.25) is 5.15 Å². The van der Waals surface area contributed by atoms with Crippen LogP contribution in [-0.4, -0.2) is 20.6 Å². The Morgan fingerprint density at radius 1 is 1.36 bits per heavy atom. The first-order valence-electron chi connectivity index (χ1n) is 7.64. The smallest absolute Gasteiger partial charge is 0.176 e. The minimum Gasteiger partial charge on any atom is -0.367 e.